The van der Waals surface area contributed by atoms with Crippen molar-refractivity contribution in [3.8, 4) is 0 Å². The summed E-state index contributed by atoms with van der Waals surface area (Å²) in [4.78, 5) is 29.2. The molecule has 0 spiro atoms. The van der Waals surface area contributed by atoms with Crippen LogP contribution in [0.4, 0.5) is 4.39 Å². The number of carbonyl (C=O) groups excluding carboxylic acids is 2. The number of hydrogen-bond donors (Lipinski definition) is 1. The maximum atomic E-state index is 13.0. The lowest BCUT2D eigenvalue weighted by atomic mass is 9.96. The first-order chi connectivity index (χ1) is 14.5. The van der Waals surface area contributed by atoms with Crippen LogP contribution < -0.4 is 5.32 Å². The van der Waals surface area contributed by atoms with Crippen LogP contribution in [0.25, 0.3) is 0 Å². The fraction of sp³-hybridized carbons (Fsp3) is 0.417. The maximum Gasteiger partial charge on any atom is 0.255 e. The third-order valence-electron chi connectivity index (χ3n) is 6.29. The summed E-state index contributed by atoms with van der Waals surface area (Å²) < 4.78 is 13.0. The van der Waals surface area contributed by atoms with E-state index in [0.717, 1.165) is 43.6 Å². The van der Waals surface area contributed by atoms with E-state index in [1.54, 1.807) is 11.8 Å². The minimum Gasteiger partial charge on any atom is -0.354 e. The molecule has 4 rings (SSSR count). The Hall–Kier alpha value is -2.73. The van der Waals surface area contributed by atoms with Crippen molar-refractivity contribution < 1.29 is 14.0 Å². The molecule has 0 radical (unpaired) electrons. The summed E-state index contributed by atoms with van der Waals surface area (Å²) >= 11 is 0. The number of halogens is 1. The third-order valence-corrected chi connectivity index (χ3v) is 6.29. The van der Waals surface area contributed by atoms with Gasteiger partial charge in [0, 0.05) is 25.2 Å². The van der Waals surface area contributed by atoms with E-state index in [4.69, 9.17) is 0 Å². The number of nitrogens with zero attached hydrogens (tertiary/aromatic N) is 2. The van der Waals surface area contributed by atoms with Gasteiger partial charge in [0.25, 0.3) is 5.91 Å². The number of hydrogen-bond acceptors (Lipinski definition) is 3. The molecule has 30 heavy (non-hydrogen) atoms. The predicted molar refractivity (Wildman–Crippen MR) is 113 cm³/mol. The topological polar surface area (TPSA) is 52.7 Å². The van der Waals surface area contributed by atoms with Gasteiger partial charge in [-0.15, -0.1) is 0 Å². The molecule has 1 fully saturated rings. The number of carbonyl (C=O) groups is 2. The molecule has 2 amide bonds. The number of benzene rings is 2. The summed E-state index contributed by atoms with van der Waals surface area (Å²) in [5, 5.41) is 3.05. The van der Waals surface area contributed by atoms with Crippen LogP contribution in [0.3, 0.4) is 0 Å². The Kier molecular flexibility index (Phi) is 6.13. The number of rotatable bonds is 6. The van der Waals surface area contributed by atoms with Crippen LogP contribution in [0.5, 0.6) is 0 Å². The van der Waals surface area contributed by atoms with E-state index < -0.39 is 6.04 Å². The maximum absolute atomic E-state index is 13.0. The van der Waals surface area contributed by atoms with E-state index in [1.807, 2.05) is 36.4 Å². The molecule has 2 aliphatic rings. The van der Waals surface area contributed by atoms with Gasteiger partial charge in [-0.3, -0.25) is 14.5 Å². The van der Waals surface area contributed by atoms with Gasteiger partial charge in [0.2, 0.25) is 5.91 Å². The Bertz CT molecular complexity index is 907. The van der Waals surface area contributed by atoms with Gasteiger partial charge in [0.15, 0.2) is 0 Å². The van der Waals surface area contributed by atoms with Crippen LogP contribution in [0.1, 0.15) is 41.3 Å². The molecular formula is C24H28FN3O2. The lowest BCUT2D eigenvalue weighted by Crippen LogP contribution is -2.47. The number of nitrogens with one attached hydrogen (secondary N) is 1. The molecule has 0 saturated carbocycles. The molecule has 1 unspecified atom stereocenters. The zero-order valence-electron chi connectivity index (χ0n) is 17.3. The summed E-state index contributed by atoms with van der Waals surface area (Å²) in [7, 11) is 0. The first kappa shape index (κ1) is 20.5. The molecule has 5 nitrogen and oxygen atoms in total. The third kappa shape index (κ3) is 4.54. The van der Waals surface area contributed by atoms with E-state index in [-0.39, 0.29) is 17.6 Å². The van der Waals surface area contributed by atoms with E-state index in [0.29, 0.717) is 24.6 Å². The predicted octanol–water partition coefficient (Wildman–Crippen LogP) is 3.20. The van der Waals surface area contributed by atoms with Crippen molar-refractivity contribution in [2.75, 3.05) is 19.6 Å². The highest BCUT2D eigenvalue weighted by atomic mass is 19.1. The van der Waals surface area contributed by atoms with Gasteiger partial charge in [-0.1, -0.05) is 30.3 Å². The Morgan fingerprint density at radius 3 is 2.53 bits per heavy atom. The fourth-order valence-corrected chi connectivity index (χ4v) is 4.32. The minimum absolute atomic E-state index is 0.0673. The SMILES string of the molecule is CC(C(=O)NCC1CCN(Cc2ccc(F)cc2)CC1)N1Cc2ccccc2C1=O. The molecular weight excluding hydrogens is 381 g/mol. The van der Waals surface area contributed by atoms with Crippen LogP contribution >= 0.6 is 0 Å². The van der Waals surface area contributed by atoms with Crippen LogP contribution in [-0.2, 0) is 17.9 Å². The van der Waals surface area contributed by atoms with Crippen LogP contribution in [0.2, 0.25) is 0 Å². The van der Waals surface area contributed by atoms with Crippen molar-refractivity contribution in [2.24, 2.45) is 5.92 Å². The molecule has 1 N–H and O–H groups in total. The fourth-order valence-electron chi connectivity index (χ4n) is 4.32. The molecule has 2 aromatic carbocycles. The van der Waals surface area contributed by atoms with E-state index in [9.17, 15) is 14.0 Å². The summed E-state index contributed by atoms with van der Waals surface area (Å²) in [5.74, 6) is 0.0753. The number of amides is 2. The Morgan fingerprint density at radius 2 is 1.83 bits per heavy atom. The zero-order valence-corrected chi connectivity index (χ0v) is 17.3. The van der Waals surface area contributed by atoms with Gasteiger partial charge < -0.3 is 10.2 Å². The highest BCUT2D eigenvalue weighted by molar-refractivity contribution is 6.01. The van der Waals surface area contributed by atoms with Crippen molar-refractivity contribution in [3.63, 3.8) is 0 Å². The van der Waals surface area contributed by atoms with Crippen molar-refractivity contribution in [1.29, 1.82) is 0 Å². The van der Waals surface area contributed by atoms with Gasteiger partial charge >= 0.3 is 0 Å². The average Bonchev–Trinajstić information content (AvgIpc) is 3.11. The van der Waals surface area contributed by atoms with Gasteiger partial charge in [-0.25, -0.2) is 4.39 Å². The Balaban J connectivity index is 1.21. The normalized spacial score (nSPS) is 18.3. The Labute approximate surface area is 176 Å². The lowest BCUT2D eigenvalue weighted by Gasteiger charge is -2.32. The molecule has 0 aromatic heterocycles. The lowest BCUT2D eigenvalue weighted by molar-refractivity contribution is -0.125. The van der Waals surface area contributed by atoms with Crippen molar-refractivity contribution in [2.45, 2.75) is 38.9 Å². The number of likely N-dealkylation sites (tertiary alicyclic amines) is 1. The smallest absolute Gasteiger partial charge is 0.255 e. The van der Waals surface area contributed by atoms with Crippen molar-refractivity contribution in [1.82, 2.24) is 15.1 Å². The molecule has 0 aliphatic carbocycles. The first-order valence-corrected chi connectivity index (χ1v) is 10.6. The van der Waals surface area contributed by atoms with Gasteiger partial charge in [-0.2, -0.15) is 0 Å². The van der Waals surface area contributed by atoms with Gasteiger partial charge in [0.05, 0.1) is 0 Å². The van der Waals surface area contributed by atoms with Gasteiger partial charge in [-0.05, 0) is 68.1 Å². The minimum atomic E-state index is -0.483. The monoisotopic (exact) mass is 409 g/mol. The molecule has 2 aliphatic heterocycles. The van der Waals surface area contributed by atoms with Crippen LogP contribution in [-0.4, -0.2) is 47.3 Å². The molecule has 1 atom stereocenters. The van der Waals surface area contributed by atoms with E-state index >= 15 is 0 Å². The van der Waals surface area contributed by atoms with Crippen molar-refractivity contribution in [3.05, 3.63) is 71.0 Å². The molecule has 6 heteroatoms. The summed E-state index contributed by atoms with van der Waals surface area (Å²) in [6.45, 7) is 5.69. The second kappa shape index (κ2) is 8.96. The van der Waals surface area contributed by atoms with E-state index in [2.05, 4.69) is 10.2 Å². The highest BCUT2D eigenvalue weighted by Crippen LogP contribution is 2.24. The molecule has 0 bridgehead atoms. The molecule has 2 aromatic rings. The highest BCUT2D eigenvalue weighted by Gasteiger charge is 2.33. The zero-order chi connectivity index (χ0) is 21.1. The number of fused-ring (bicyclic) bond motifs is 1. The summed E-state index contributed by atoms with van der Waals surface area (Å²) in [6, 6.07) is 13.7. The average molecular weight is 410 g/mol. The summed E-state index contributed by atoms with van der Waals surface area (Å²) in [5.41, 5.74) is 2.80. The molecule has 1 saturated heterocycles. The number of piperidine rings is 1. The quantitative estimate of drug-likeness (QED) is 0.797. The molecule has 2 heterocycles. The second-order valence-electron chi connectivity index (χ2n) is 8.36. The first-order valence-electron chi connectivity index (χ1n) is 10.6. The van der Waals surface area contributed by atoms with Crippen molar-refractivity contribution >= 4 is 11.8 Å². The second-order valence-corrected chi connectivity index (χ2v) is 8.36. The summed E-state index contributed by atoms with van der Waals surface area (Å²) in [6.07, 6.45) is 2.04. The van der Waals surface area contributed by atoms with Crippen LogP contribution in [0, 0.1) is 11.7 Å². The van der Waals surface area contributed by atoms with Gasteiger partial charge in [0.1, 0.15) is 11.9 Å². The Morgan fingerprint density at radius 1 is 1.13 bits per heavy atom. The van der Waals surface area contributed by atoms with Crippen LogP contribution in [0.15, 0.2) is 48.5 Å². The molecule has 158 valence electrons. The standard InChI is InChI=1S/C24H28FN3O2/c1-17(28-16-20-4-2-3-5-22(20)24(28)30)23(29)26-14-18-10-12-27(13-11-18)15-19-6-8-21(25)9-7-19/h2-9,17-18H,10-16H2,1H3,(H,26,29). The van der Waals surface area contributed by atoms with E-state index in [1.165, 1.54) is 12.1 Å². The largest absolute Gasteiger partial charge is 0.354 e.